The number of guanidine groups is 1. The van der Waals surface area contributed by atoms with Gasteiger partial charge in [-0.2, -0.15) is 0 Å². The van der Waals surface area contributed by atoms with Gasteiger partial charge < -0.3 is 30.7 Å². The Balaban J connectivity index is 1.96. The van der Waals surface area contributed by atoms with Crippen LogP contribution >= 0.6 is 0 Å². The van der Waals surface area contributed by atoms with E-state index in [4.69, 9.17) is 25.8 Å². The molecule has 1 saturated carbocycles. The van der Waals surface area contributed by atoms with Crippen molar-refractivity contribution in [2.45, 2.75) is 39.5 Å². The van der Waals surface area contributed by atoms with Gasteiger partial charge in [0.15, 0.2) is 0 Å². The Bertz CT molecular complexity index is 745. The number of ether oxygens (including phenoxy) is 2. The van der Waals surface area contributed by atoms with Gasteiger partial charge in [-0.25, -0.2) is 0 Å². The molecule has 166 valence electrons. The van der Waals surface area contributed by atoms with Crippen LogP contribution in [0.15, 0.2) is 23.4 Å². The van der Waals surface area contributed by atoms with Gasteiger partial charge in [-0.15, -0.1) is 0 Å². The van der Waals surface area contributed by atoms with Crippen LogP contribution in [0.3, 0.4) is 0 Å². The SMILES string of the molecule is CCOC(=O)CCN(CC1CC1)C(=O)c1cc(C)cc(OCCCON=C(N)N)c1. The van der Waals surface area contributed by atoms with Crippen LogP contribution in [0.4, 0.5) is 0 Å². The quantitative estimate of drug-likeness (QED) is 0.164. The van der Waals surface area contributed by atoms with Crippen molar-refractivity contribution < 1.29 is 23.9 Å². The number of aryl methyl sites for hydroxylation is 1. The van der Waals surface area contributed by atoms with Crippen molar-refractivity contribution >= 4 is 17.8 Å². The number of esters is 1. The third kappa shape index (κ3) is 8.59. The van der Waals surface area contributed by atoms with Crippen molar-refractivity contribution in [1.29, 1.82) is 0 Å². The van der Waals surface area contributed by atoms with Crippen LogP contribution in [0.25, 0.3) is 0 Å². The first-order valence-electron chi connectivity index (χ1n) is 10.3. The Morgan fingerprint density at radius 1 is 1.20 bits per heavy atom. The minimum atomic E-state index is -0.290. The van der Waals surface area contributed by atoms with Crippen molar-refractivity contribution in [2.75, 3.05) is 32.9 Å². The molecule has 0 saturated heterocycles. The summed E-state index contributed by atoms with van der Waals surface area (Å²) in [7, 11) is 0. The van der Waals surface area contributed by atoms with Crippen LogP contribution in [0.1, 0.15) is 48.5 Å². The highest BCUT2D eigenvalue weighted by Crippen LogP contribution is 2.30. The Morgan fingerprint density at radius 2 is 1.97 bits per heavy atom. The van der Waals surface area contributed by atoms with Gasteiger partial charge in [-0.1, -0.05) is 0 Å². The molecule has 1 aromatic carbocycles. The molecule has 1 aliphatic rings. The van der Waals surface area contributed by atoms with Crippen molar-refractivity contribution in [1.82, 2.24) is 4.90 Å². The molecule has 30 heavy (non-hydrogen) atoms. The molecule has 1 fully saturated rings. The van der Waals surface area contributed by atoms with E-state index in [0.29, 0.717) is 56.6 Å². The lowest BCUT2D eigenvalue weighted by molar-refractivity contribution is -0.143. The molecule has 1 aliphatic carbocycles. The molecular formula is C21H32N4O5. The predicted octanol–water partition coefficient (Wildman–Crippen LogP) is 1.77. The number of benzene rings is 1. The van der Waals surface area contributed by atoms with Crippen molar-refractivity contribution in [3.05, 3.63) is 29.3 Å². The van der Waals surface area contributed by atoms with Crippen LogP contribution < -0.4 is 16.2 Å². The monoisotopic (exact) mass is 420 g/mol. The summed E-state index contributed by atoms with van der Waals surface area (Å²) in [4.78, 5) is 31.5. The van der Waals surface area contributed by atoms with E-state index in [1.807, 2.05) is 19.1 Å². The number of carbonyl (C=O) groups is 2. The van der Waals surface area contributed by atoms with E-state index >= 15 is 0 Å². The summed E-state index contributed by atoms with van der Waals surface area (Å²) < 4.78 is 10.7. The summed E-state index contributed by atoms with van der Waals surface area (Å²) in [5, 5.41) is 3.44. The summed E-state index contributed by atoms with van der Waals surface area (Å²) in [6.07, 6.45) is 3.01. The second kappa shape index (κ2) is 11.9. The minimum Gasteiger partial charge on any atom is -0.493 e. The normalized spacial score (nSPS) is 12.7. The molecule has 0 bridgehead atoms. The van der Waals surface area contributed by atoms with Gasteiger partial charge in [0.25, 0.3) is 5.91 Å². The zero-order chi connectivity index (χ0) is 21.9. The number of hydrogen-bond donors (Lipinski definition) is 2. The van der Waals surface area contributed by atoms with Crippen LogP contribution in [0.5, 0.6) is 5.75 Å². The molecule has 4 N–H and O–H groups in total. The summed E-state index contributed by atoms with van der Waals surface area (Å²) in [5.74, 6) is 0.605. The highest BCUT2D eigenvalue weighted by Gasteiger charge is 2.28. The topological polar surface area (TPSA) is 129 Å². The van der Waals surface area contributed by atoms with E-state index in [-0.39, 0.29) is 24.3 Å². The smallest absolute Gasteiger partial charge is 0.307 e. The number of rotatable bonds is 13. The molecule has 0 heterocycles. The predicted molar refractivity (Wildman–Crippen MR) is 113 cm³/mol. The van der Waals surface area contributed by atoms with E-state index < -0.39 is 0 Å². The van der Waals surface area contributed by atoms with Gasteiger partial charge in [0.2, 0.25) is 5.96 Å². The van der Waals surface area contributed by atoms with Gasteiger partial charge in [-0.3, -0.25) is 9.59 Å². The molecule has 0 aliphatic heterocycles. The summed E-state index contributed by atoms with van der Waals surface area (Å²) >= 11 is 0. The summed E-state index contributed by atoms with van der Waals surface area (Å²) in [6, 6.07) is 5.44. The number of nitrogens with two attached hydrogens (primary N) is 2. The second-order valence-corrected chi connectivity index (χ2v) is 7.34. The standard InChI is InChI=1S/C21H32N4O5/c1-3-28-19(26)7-8-25(14-16-5-6-16)20(27)17-11-15(2)12-18(13-17)29-9-4-10-30-24-21(22)23/h11-13,16H,3-10,14H2,1-2H3,(H4,22,23,24). The second-order valence-electron chi connectivity index (χ2n) is 7.34. The molecular weight excluding hydrogens is 388 g/mol. The molecule has 1 amide bonds. The zero-order valence-electron chi connectivity index (χ0n) is 17.8. The van der Waals surface area contributed by atoms with Crippen molar-refractivity contribution in [3.8, 4) is 5.75 Å². The van der Waals surface area contributed by atoms with Crippen LogP contribution in [0.2, 0.25) is 0 Å². The first-order chi connectivity index (χ1) is 14.4. The maximum atomic E-state index is 13.1. The molecule has 0 aromatic heterocycles. The summed E-state index contributed by atoms with van der Waals surface area (Å²) in [5.41, 5.74) is 11.8. The lowest BCUT2D eigenvalue weighted by Gasteiger charge is -2.23. The number of carbonyl (C=O) groups excluding carboxylic acids is 2. The molecule has 9 nitrogen and oxygen atoms in total. The molecule has 0 radical (unpaired) electrons. The Labute approximate surface area is 177 Å². The highest BCUT2D eigenvalue weighted by atomic mass is 16.6. The molecule has 2 rings (SSSR count). The minimum absolute atomic E-state index is 0.101. The largest absolute Gasteiger partial charge is 0.493 e. The van der Waals surface area contributed by atoms with E-state index in [1.54, 1.807) is 17.9 Å². The van der Waals surface area contributed by atoms with Crippen LogP contribution in [0, 0.1) is 12.8 Å². The fraction of sp³-hybridized carbons (Fsp3) is 0.571. The number of nitrogens with zero attached hydrogens (tertiary/aromatic N) is 2. The maximum Gasteiger partial charge on any atom is 0.307 e. The van der Waals surface area contributed by atoms with Gasteiger partial charge >= 0.3 is 5.97 Å². The van der Waals surface area contributed by atoms with E-state index in [2.05, 4.69) is 5.16 Å². The van der Waals surface area contributed by atoms with Gasteiger partial charge in [-0.05, 0) is 61.5 Å². The third-order valence-corrected chi connectivity index (χ3v) is 4.47. The van der Waals surface area contributed by atoms with Crippen LogP contribution in [-0.2, 0) is 14.4 Å². The third-order valence-electron chi connectivity index (χ3n) is 4.47. The van der Waals surface area contributed by atoms with E-state index in [0.717, 1.165) is 18.4 Å². The molecule has 0 atom stereocenters. The lowest BCUT2D eigenvalue weighted by atomic mass is 10.1. The first-order valence-corrected chi connectivity index (χ1v) is 10.3. The van der Waals surface area contributed by atoms with Crippen molar-refractivity contribution in [2.24, 2.45) is 22.5 Å². The van der Waals surface area contributed by atoms with Gasteiger partial charge in [0.05, 0.1) is 19.6 Å². The van der Waals surface area contributed by atoms with E-state index in [1.165, 1.54) is 0 Å². The number of hydrogen-bond acceptors (Lipinski definition) is 6. The van der Waals surface area contributed by atoms with Gasteiger partial charge in [0.1, 0.15) is 12.4 Å². The Hall–Kier alpha value is -2.97. The lowest BCUT2D eigenvalue weighted by Crippen LogP contribution is -2.35. The fourth-order valence-electron chi connectivity index (χ4n) is 2.92. The molecule has 0 spiro atoms. The fourth-order valence-corrected chi connectivity index (χ4v) is 2.92. The zero-order valence-corrected chi connectivity index (χ0v) is 17.8. The average Bonchev–Trinajstić information content (AvgIpc) is 3.51. The summed E-state index contributed by atoms with van der Waals surface area (Å²) in [6.45, 7) is 5.74. The highest BCUT2D eigenvalue weighted by molar-refractivity contribution is 5.95. The number of amides is 1. The van der Waals surface area contributed by atoms with E-state index in [9.17, 15) is 9.59 Å². The van der Waals surface area contributed by atoms with Crippen LogP contribution in [-0.4, -0.2) is 55.6 Å². The maximum absolute atomic E-state index is 13.1. The number of oxime groups is 1. The van der Waals surface area contributed by atoms with Crippen molar-refractivity contribution in [3.63, 3.8) is 0 Å². The van der Waals surface area contributed by atoms with Gasteiger partial charge in [0, 0.05) is 25.1 Å². The Kier molecular flexibility index (Phi) is 9.24. The molecule has 1 aromatic rings. The molecule has 0 unspecified atom stereocenters. The average molecular weight is 421 g/mol. The Morgan fingerprint density at radius 3 is 2.63 bits per heavy atom. The molecule has 9 heteroatoms. The first kappa shape index (κ1) is 23.3.